The Hall–Kier alpha value is -1.50. The summed E-state index contributed by atoms with van der Waals surface area (Å²) >= 11 is 0. The van der Waals surface area contributed by atoms with Gasteiger partial charge in [-0.25, -0.2) is 0 Å². The van der Waals surface area contributed by atoms with E-state index in [0.29, 0.717) is 11.6 Å². The molecule has 1 amide bonds. The first-order chi connectivity index (χ1) is 14.2. The molecule has 1 aromatic rings. The topological polar surface area (TPSA) is 51.7 Å². The Morgan fingerprint density at radius 3 is 2.34 bits per heavy atom. The molecule has 6 heteroatoms. The monoisotopic (exact) mass is 399 g/mol. The summed E-state index contributed by atoms with van der Waals surface area (Å²) in [6, 6.07) is 4.16. The zero-order valence-electron chi connectivity index (χ0n) is 18.0. The largest absolute Gasteiger partial charge is 0.339 e. The van der Waals surface area contributed by atoms with Crippen LogP contribution in [0.2, 0.25) is 0 Å². The van der Waals surface area contributed by atoms with E-state index >= 15 is 0 Å². The minimum absolute atomic E-state index is 0.145. The molecule has 29 heavy (non-hydrogen) atoms. The molecule has 0 aromatic carbocycles. The second kappa shape index (κ2) is 9.54. The van der Waals surface area contributed by atoms with Crippen LogP contribution in [0.3, 0.4) is 0 Å². The highest BCUT2D eigenvalue weighted by Crippen LogP contribution is 2.34. The summed E-state index contributed by atoms with van der Waals surface area (Å²) in [5, 5.41) is 3.94. The van der Waals surface area contributed by atoms with Gasteiger partial charge in [0, 0.05) is 75.4 Å². The van der Waals surface area contributed by atoms with Gasteiger partial charge in [-0.1, -0.05) is 19.3 Å². The average Bonchev–Trinajstić information content (AvgIpc) is 2.79. The minimum atomic E-state index is 0.145. The lowest BCUT2D eigenvalue weighted by Crippen LogP contribution is -2.62. The van der Waals surface area contributed by atoms with Gasteiger partial charge in [0.2, 0.25) is 0 Å². The van der Waals surface area contributed by atoms with Crippen molar-refractivity contribution >= 4 is 5.91 Å². The van der Waals surface area contributed by atoms with Gasteiger partial charge in [-0.3, -0.25) is 14.7 Å². The van der Waals surface area contributed by atoms with Crippen molar-refractivity contribution in [2.75, 3.05) is 52.9 Å². The first kappa shape index (κ1) is 20.8. The Morgan fingerprint density at radius 1 is 1.03 bits per heavy atom. The van der Waals surface area contributed by atoms with E-state index in [1.54, 1.807) is 12.4 Å². The number of rotatable bonds is 5. The Morgan fingerprint density at radius 2 is 1.69 bits per heavy atom. The van der Waals surface area contributed by atoms with E-state index in [4.69, 9.17) is 0 Å². The van der Waals surface area contributed by atoms with Crippen molar-refractivity contribution < 1.29 is 4.79 Å². The van der Waals surface area contributed by atoms with Gasteiger partial charge in [0.15, 0.2) is 0 Å². The van der Waals surface area contributed by atoms with Crippen molar-refractivity contribution in [3.05, 3.63) is 30.1 Å². The molecule has 3 aliphatic rings. The summed E-state index contributed by atoms with van der Waals surface area (Å²) in [4.78, 5) is 23.9. The third kappa shape index (κ3) is 4.98. The van der Waals surface area contributed by atoms with Crippen molar-refractivity contribution in [2.45, 2.75) is 56.5 Å². The highest BCUT2D eigenvalue weighted by molar-refractivity contribution is 5.94. The van der Waals surface area contributed by atoms with Crippen molar-refractivity contribution in [1.29, 1.82) is 0 Å². The number of amides is 1. The van der Waals surface area contributed by atoms with E-state index in [1.165, 1.54) is 58.3 Å². The molecular formula is C23H37N5O. The number of carbonyl (C=O) groups excluding carboxylic acids is 1. The maximum absolute atomic E-state index is 12.7. The molecule has 1 aromatic heterocycles. The van der Waals surface area contributed by atoms with Crippen molar-refractivity contribution in [3.63, 3.8) is 0 Å². The number of hydrogen-bond acceptors (Lipinski definition) is 5. The number of likely N-dealkylation sites (N-methyl/N-ethyl adjacent to an activating group) is 1. The second-order valence-corrected chi connectivity index (χ2v) is 9.26. The van der Waals surface area contributed by atoms with Crippen LogP contribution >= 0.6 is 0 Å². The summed E-state index contributed by atoms with van der Waals surface area (Å²) in [5.41, 5.74) is 1.10. The number of nitrogens with one attached hydrogen (secondary N) is 1. The molecule has 0 unspecified atom stereocenters. The SMILES string of the molecule is CN1CCN(C2(CNC3CCN(C(=O)c4ccncc4)CC3)CCCCC2)CC1. The van der Waals surface area contributed by atoms with E-state index in [2.05, 4.69) is 27.1 Å². The number of hydrogen-bond donors (Lipinski definition) is 1. The van der Waals surface area contributed by atoms with Crippen LogP contribution in [0.1, 0.15) is 55.3 Å². The summed E-state index contributed by atoms with van der Waals surface area (Å²) in [5.74, 6) is 0.145. The molecular weight excluding hydrogens is 362 g/mol. The molecule has 2 saturated heterocycles. The molecule has 160 valence electrons. The fourth-order valence-corrected chi connectivity index (χ4v) is 5.39. The maximum atomic E-state index is 12.7. The molecule has 1 N–H and O–H groups in total. The number of nitrogens with zero attached hydrogens (tertiary/aromatic N) is 4. The molecule has 3 heterocycles. The number of carbonyl (C=O) groups is 1. The molecule has 0 bridgehead atoms. The maximum Gasteiger partial charge on any atom is 0.253 e. The molecule has 1 aliphatic carbocycles. The number of likely N-dealkylation sites (tertiary alicyclic amines) is 1. The first-order valence-corrected chi connectivity index (χ1v) is 11.5. The average molecular weight is 400 g/mol. The van der Waals surface area contributed by atoms with Gasteiger partial charge >= 0.3 is 0 Å². The van der Waals surface area contributed by atoms with Gasteiger partial charge in [0.05, 0.1) is 0 Å². The second-order valence-electron chi connectivity index (χ2n) is 9.26. The number of piperazine rings is 1. The summed E-state index contributed by atoms with van der Waals surface area (Å²) < 4.78 is 0. The molecule has 0 atom stereocenters. The summed E-state index contributed by atoms with van der Waals surface area (Å²) in [7, 11) is 2.24. The number of pyridine rings is 1. The van der Waals surface area contributed by atoms with Crippen LogP contribution in [0, 0.1) is 0 Å². The predicted molar refractivity (Wildman–Crippen MR) is 116 cm³/mol. The molecule has 1 saturated carbocycles. The van der Waals surface area contributed by atoms with Crippen LogP contribution in [-0.4, -0.2) is 90.0 Å². The van der Waals surface area contributed by atoms with E-state index in [0.717, 1.165) is 38.0 Å². The molecule has 4 rings (SSSR count). The van der Waals surface area contributed by atoms with Crippen LogP contribution in [-0.2, 0) is 0 Å². The van der Waals surface area contributed by atoms with Crippen LogP contribution in [0.15, 0.2) is 24.5 Å². The van der Waals surface area contributed by atoms with Crippen LogP contribution in [0.5, 0.6) is 0 Å². The Balaban J connectivity index is 1.29. The third-order valence-corrected chi connectivity index (χ3v) is 7.39. The van der Waals surface area contributed by atoms with Gasteiger partial charge in [-0.15, -0.1) is 0 Å². The van der Waals surface area contributed by atoms with Gasteiger partial charge in [-0.2, -0.15) is 0 Å². The van der Waals surface area contributed by atoms with Crippen molar-refractivity contribution in [2.24, 2.45) is 0 Å². The van der Waals surface area contributed by atoms with E-state index in [-0.39, 0.29) is 5.91 Å². The van der Waals surface area contributed by atoms with Crippen molar-refractivity contribution in [3.8, 4) is 0 Å². The Bertz CT molecular complexity index is 644. The summed E-state index contributed by atoms with van der Waals surface area (Å²) in [6.07, 6.45) is 12.3. The third-order valence-electron chi connectivity index (χ3n) is 7.39. The molecule has 6 nitrogen and oxygen atoms in total. The zero-order valence-corrected chi connectivity index (χ0v) is 18.0. The molecule has 2 aliphatic heterocycles. The number of aromatic nitrogens is 1. The van der Waals surface area contributed by atoms with Gasteiger partial charge < -0.3 is 15.1 Å². The molecule has 0 spiro atoms. The fourth-order valence-electron chi connectivity index (χ4n) is 5.39. The van der Waals surface area contributed by atoms with Crippen LogP contribution in [0.4, 0.5) is 0 Å². The van der Waals surface area contributed by atoms with E-state index in [9.17, 15) is 4.79 Å². The Labute approximate surface area is 175 Å². The predicted octanol–water partition coefficient (Wildman–Crippen LogP) is 2.23. The van der Waals surface area contributed by atoms with Gasteiger partial charge in [0.25, 0.3) is 5.91 Å². The normalized spacial score (nSPS) is 24.5. The summed E-state index contributed by atoms with van der Waals surface area (Å²) in [6.45, 7) is 7.60. The van der Waals surface area contributed by atoms with E-state index in [1.807, 2.05) is 17.0 Å². The van der Waals surface area contributed by atoms with Crippen LogP contribution in [0.25, 0.3) is 0 Å². The van der Waals surface area contributed by atoms with Gasteiger partial charge in [-0.05, 0) is 44.9 Å². The Kier molecular flexibility index (Phi) is 6.83. The van der Waals surface area contributed by atoms with Crippen LogP contribution < -0.4 is 5.32 Å². The quantitative estimate of drug-likeness (QED) is 0.823. The van der Waals surface area contributed by atoms with Gasteiger partial charge in [0.1, 0.15) is 0 Å². The van der Waals surface area contributed by atoms with Crippen molar-refractivity contribution in [1.82, 2.24) is 25.0 Å². The molecule has 3 fully saturated rings. The lowest BCUT2D eigenvalue weighted by Gasteiger charge is -2.50. The minimum Gasteiger partial charge on any atom is -0.339 e. The number of piperidine rings is 1. The highest BCUT2D eigenvalue weighted by Gasteiger charge is 2.39. The zero-order chi connectivity index (χ0) is 20.1. The highest BCUT2D eigenvalue weighted by atomic mass is 16.2. The smallest absolute Gasteiger partial charge is 0.253 e. The lowest BCUT2D eigenvalue weighted by molar-refractivity contribution is 0.0106. The lowest BCUT2D eigenvalue weighted by atomic mass is 9.79. The standard InChI is InChI=1S/C23H37N5O/c1-26-15-17-28(18-16-26)23(9-3-2-4-10-23)19-25-21-7-13-27(14-8-21)22(29)20-5-11-24-12-6-20/h5-6,11-12,21,25H,2-4,7-10,13-19H2,1H3. The van der Waals surface area contributed by atoms with E-state index < -0.39 is 0 Å². The molecule has 0 radical (unpaired) electrons. The first-order valence-electron chi connectivity index (χ1n) is 11.5. The fraction of sp³-hybridized carbons (Fsp3) is 0.739.